The van der Waals surface area contributed by atoms with Gasteiger partial charge in [-0.1, -0.05) is 37.6 Å². The molecule has 1 unspecified atom stereocenters. The van der Waals surface area contributed by atoms with E-state index in [0.717, 1.165) is 41.2 Å². The van der Waals surface area contributed by atoms with Crippen molar-refractivity contribution >= 4 is 21.8 Å². The number of benzene rings is 1. The molecule has 158 valence electrons. The quantitative estimate of drug-likeness (QED) is 0.647. The molecule has 1 aliphatic rings. The molecular formula is C22H30ClN3O2S. The number of halogens is 1. The van der Waals surface area contributed by atoms with Gasteiger partial charge >= 0.3 is 0 Å². The van der Waals surface area contributed by atoms with Gasteiger partial charge in [0.25, 0.3) is 10.2 Å². The minimum absolute atomic E-state index is 0.118. The Balaban J connectivity index is 1.82. The second-order valence-electron chi connectivity index (χ2n) is 7.64. The highest BCUT2D eigenvalue weighted by Gasteiger charge is 2.33. The van der Waals surface area contributed by atoms with E-state index in [1.54, 1.807) is 4.31 Å². The van der Waals surface area contributed by atoms with E-state index in [1.165, 1.54) is 9.87 Å². The highest BCUT2D eigenvalue weighted by molar-refractivity contribution is 7.86. The van der Waals surface area contributed by atoms with Crippen LogP contribution in [0.25, 0.3) is 0 Å². The fourth-order valence-corrected chi connectivity index (χ4v) is 5.99. The lowest BCUT2D eigenvalue weighted by Gasteiger charge is -2.35. The Morgan fingerprint density at radius 3 is 2.62 bits per heavy atom. The van der Waals surface area contributed by atoms with Crippen LogP contribution in [0.4, 0.5) is 0 Å². The number of pyridine rings is 1. The zero-order valence-electron chi connectivity index (χ0n) is 17.4. The first kappa shape index (κ1) is 22.2. The van der Waals surface area contributed by atoms with Gasteiger partial charge < -0.3 is 0 Å². The zero-order valence-corrected chi connectivity index (χ0v) is 19.0. The van der Waals surface area contributed by atoms with Crippen LogP contribution in [0.5, 0.6) is 0 Å². The third kappa shape index (κ3) is 5.37. The van der Waals surface area contributed by atoms with Crippen molar-refractivity contribution in [1.29, 1.82) is 0 Å². The van der Waals surface area contributed by atoms with E-state index in [1.807, 2.05) is 39.0 Å². The average molecular weight is 436 g/mol. The largest absolute Gasteiger partial charge is 0.281 e. The van der Waals surface area contributed by atoms with Crippen molar-refractivity contribution in [2.24, 2.45) is 0 Å². The number of aryl methyl sites for hydroxylation is 1. The van der Waals surface area contributed by atoms with Gasteiger partial charge in [0.2, 0.25) is 0 Å². The molecule has 3 rings (SSSR count). The van der Waals surface area contributed by atoms with Crippen LogP contribution in [0, 0.1) is 6.92 Å². The van der Waals surface area contributed by atoms with Crippen LogP contribution in [0.15, 0.2) is 36.4 Å². The van der Waals surface area contributed by atoms with Gasteiger partial charge in [0.05, 0.1) is 0 Å². The molecule has 2 aromatic rings. The molecule has 0 saturated carbocycles. The van der Waals surface area contributed by atoms with Gasteiger partial charge in [-0.25, -0.2) is 0 Å². The fraction of sp³-hybridized carbons (Fsp3) is 0.500. The summed E-state index contributed by atoms with van der Waals surface area (Å²) < 4.78 is 29.1. The Morgan fingerprint density at radius 1 is 1.17 bits per heavy atom. The molecule has 0 amide bonds. The van der Waals surface area contributed by atoms with Gasteiger partial charge in [-0.15, -0.1) is 0 Å². The first-order valence-corrected chi connectivity index (χ1v) is 12.1. The van der Waals surface area contributed by atoms with E-state index in [9.17, 15) is 8.42 Å². The van der Waals surface area contributed by atoms with Crippen molar-refractivity contribution in [2.75, 3.05) is 26.2 Å². The molecule has 5 nitrogen and oxygen atoms in total. The average Bonchev–Trinajstić information content (AvgIpc) is 2.68. The lowest BCUT2D eigenvalue weighted by atomic mass is 9.93. The van der Waals surface area contributed by atoms with Crippen molar-refractivity contribution in [3.8, 4) is 0 Å². The Labute approximate surface area is 179 Å². The van der Waals surface area contributed by atoms with E-state index in [0.29, 0.717) is 26.2 Å². The predicted octanol–water partition coefficient (Wildman–Crippen LogP) is 4.40. The second kappa shape index (κ2) is 9.56. The lowest BCUT2D eigenvalue weighted by molar-refractivity contribution is 0.285. The number of aromatic nitrogens is 1. The topological polar surface area (TPSA) is 53.5 Å². The molecule has 29 heavy (non-hydrogen) atoms. The zero-order chi connectivity index (χ0) is 21.0. The van der Waals surface area contributed by atoms with Crippen LogP contribution in [-0.4, -0.2) is 48.2 Å². The monoisotopic (exact) mass is 435 g/mol. The van der Waals surface area contributed by atoms with Crippen LogP contribution in [-0.2, 0) is 16.6 Å². The van der Waals surface area contributed by atoms with Gasteiger partial charge in [-0.3, -0.25) is 4.98 Å². The number of hydrogen-bond donors (Lipinski definition) is 0. The van der Waals surface area contributed by atoms with E-state index in [4.69, 9.17) is 16.6 Å². The maximum atomic E-state index is 13.0. The third-order valence-electron chi connectivity index (χ3n) is 5.49. The number of piperidine rings is 1. The molecule has 1 fully saturated rings. The van der Waals surface area contributed by atoms with Crippen molar-refractivity contribution in [2.45, 2.75) is 46.0 Å². The maximum absolute atomic E-state index is 13.0. The van der Waals surface area contributed by atoms with Crippen LogP contribution < -0.4 is 0 Å². The molecular weight excluding hydrogens is 406 g/mol. The molecule has 0 spiro atoms. The molecule has 0 aliphatic carbocycles. The molecule has 0 bridgehead atoms. The van der Waals surface area contributed by atoms with Gasteiger partial charge in [-0.05, 0) is 61.6 Å². The molecule has 1 atom stereocenters. The maximum Gasteiger partial charge on any atom is 0.281 e. The summed E-state index contributed by atoms with van der Waals surface area (Å²) in [5.41, 5.74) is 4.28. The van der Waals surface area contributed by atoms with Crippen LogP contribution in [0.3, 0.4) is 0 Å². The summed E-state index contributed by atoms with van der Waals surface area (Å²) in [4.78, 5) is 4.76. The molecule has 1 aromatic carbocycles. The SMILES string of the molecule is CCN(CC)S(=O)(=O)N1CCCC(c2cc(Cc3cccc(Cl)c3)cc(C)n2)C1. The summed E-state index contributed by atoms with van der Waals surface area (Å²) in [6, 6.07) is 12.1. The van der Waals surface area contributed by atoms with Crippen LogP contribution >= 0.6 is 11.6 Å². The van der Waals surface area contributed by atoms with Gasteiger partial charge in [0.1, 0.15) is 0 Å². The first-order valence-electron chi connectivity index (χ1n) is 10.3. The van der Waals surface area contributed by atoms with Crippen molar-refractivity contribution in [3.05, 3.63) is 63.9 Å². The summed E-state index contributed by atoms with van der Waals surface area (Å²) >= 11 is 6.12. The minimum Gasteiger partial charge on any atom is -0.258 e. The van der Waals surface area contributed by atoms with Gasteiger partial charge in [0, 0.05) is 48.5 Å². The number of nitrogens with zero attached hydrogens (tertiary/aromatic N) is 3. The van der Waals surface area contributed by atoms with Gasteiger partial charge in [-0.2, -0.15) is 17.0 Å². The normalized spacial score (nSPS) is 18.3. The minimum atomic E-state index is -3.41. The summed E-state index contributed by atoms with van der Waals surface area (Å²) in [5, 5.41) is 0.734. The predicted molar refractivity (Wildman–Crippen MR) is 119 cm³/mol. The molecule has 1 saturated heterocycles. The summed E-state index contributed by atoms with van der Waals surface area (Å²) in [6.45, 7) is 7.82. The number of rotatable bonds is 7. The second-order valence-corrected chi connectivity index (χ2v) is 10.0. The Hall–Kier alpha value is -1.47. The Morgan fingerprint density at radius 2 is 1.93 bits per heavy atom. The lowest BCUT2D eigenvalue weighted by Crippen LogP contribution is -2.47. The smallest absolute Gasteiger partial charge is 0.258 e. The fourth-order valence-electron chi connectivity index (χ4n) is 4.07. The van der Waals surface area contributed by atoms with Gasteiger partial charge in [0.15, 0.2) is 0 Å². The van der Waals surface area contributed by atoms with E-state index >= 15 is 0 Å². The van der Waals surface area contributed by atoms with E-state index in [2.05, 4.69) is 18.2 Å². The first-order chi connectivity index (χ1) is 13.8. The molecule has 1 aliphatic heterocycles. The third-order valence-corrected chi connectivity index (χ3v) is 7.88. The standard InChI is InChI=1S/C22H30ClN3O2S/c1-4-25(5-2)29(27,28)26-11-7-9-20(16-26)22-15-19(12-17(3)24-22)13-18-8-6-10-21(23)14-18/h6,8,10,12,14-15,20H,4-5,7,9,11,13,16H2,1-3H3. The summed E-state index contributed by atoms with van der Waals surface area (Å²) in [5.74, 6) is 0.118. The van der Waals surface area contributed by atoms with Crippen molar-refractivity contribution in [1.82, 2.24) is 13.6 Å². The summed E-state index contributed by atoms with van der Waals surface area (Å²) in [7, 11) is -3.41. The molecule has 2 heterocycles. The Bertz CT molecular complexity index is 945. The van der Waals surface area contributed by atoms with E-state index < -0.39 is 10.2 Å². The Kier molecular flexibility index (Phi) is 7.32. The highest BCUT2D eigenvalue weighted by atomic mass is 35.5. The van der Waals surface area contributed by atoms with Crippen LogP contribution in [0.2, 0.25) is 5.02 Å². The van der Waals surface area contributed by atoms with Crippen LogP contribution in [0.1, 0.15) is 55.1 Å². The molecule has 7 heteroatoms. The molecule has 0 N–H and O–H groups in total. The highest BCUT2D eigenvalue weighted by Crippen LogP contribution is 2.29. The number of hydrogen-bond acceptors (Lipinski definition) is 3. The van der Waals surface area contributed by atoms with Crippen molar-refractivity contribution in [3.63, 3.8) is 0 Å². The van der Waals surface area contributed by atoms with E-state index in [-0.39, 0.29) is 5.92 Å². The summed E-state index contributed by atoms with van der Waals surface area (Å²) in [6.07, 6.45) is 2.59. The molecule has 0 radical (unpaired) electrons. The molecule has 1 aromatic heterocycles. The van der Waals surface area contributed by atoms with Crippen molar-refractivity contribution < 1.29 is 8.42 Å².